The number of carbonyl (C=O) groups is 1. The minimum atomic E-state index is -0.788. The number of aromatic nitrogens is 3. The molecule has 0 bridgehead atoms. The molecule has 2 aliphatic rings. The van der Waals surface area contributed by atoms with Crippen LogP contribution in [0.3, 0.4) is 0 Å². The van der Waals surface area contributed by atoms with E-state index in [0.29, 0.717) is 17.1 Å². The molecule has 156 valence electrons. The van der Waals surface area contributed by atoms with Gasteiger partial charge in [-0.1, -0.05) is 18.0 Å². The Balaban J connectivity index is 1.58. The molecule has 10 heteroatoms. The number of amides is 1. The van der Waals surface area contributed by atoms with Crippen molar-refractivity contribution in [3.05, 3.63) is 17.2 Å². The van der Waals surface area contributed by atoms with Crippen LogP contribution in [0.2, 0.25) is 5.15 Å². The summed E-state index contributed by atoms with van der Waals surface area (Å²) >= 11 is 5.78. The van der Waals surface area contributed by atoms with Crippen LogP contribution in [0.1, 0.15) is 39.0 Å². The molecule has 1 saturated heterocycles. The van der Waals surface area contributed by atoms with Crippen molar-refractivity contribution in [3.8, 4) is 6.01 Å². The van der Waals surface area contributed by atoms with Crippen molar-refractivity contribution in [3.63, 3.8) is 0 Å². The molecule has 8 nitrogen and oxygen atoms in total. The van der Waals surface area contributed by atoms with Gasteiger partial charge in [0, 0.05) is 32.4 Å². The topological polar surface area (TPSA) is 80.7 Å². The SMILES string of the molecule is CC1CCC2CCCC2N1C(=O)OOc1nc(N(C)C)c2cnc(Cl)c(F)c2n1. The fraction of sp³-hybridized carbons (Fsp3) is 0.579. The summed E-state index contributed by atoms with van der Waals surface area (Å²) in [6.45, 7) is 2.01. The molecule has 1 aliphatic carbocycles. The Morgan fingerprint density at radius 3 is 2.83 bits per heavy atom. The van der Waals surface area contributed by atoms with Crippen LogP contribution in [-0.4, -0.2) is 52.1 Å². The number of hydrogen-bond donors (Lipinski definition) is 0. The third-order valence-corrected chi connectivity index (χ3v) is 6.09. The minimum Gasteiger partial charge on any atom is -0.362 e. The quantitative estimate of drug-likeness (QED) is 0.419. The van der Waals surface area contributed by atoms with E-state index in [9.17, 15) is 9.18 Å². The second-order valence-electron chi connectivity index (χ2n) is 7.87. The molecule has 2 fully saturated rings. The van der Waals surface area contributed by atoms with Crippen LogP contribution in [0.25, 0.3) is 10.9 Å². The van der Waals surface area contributed by atoms with E-state index in [-0.39, 0.29) is 28.8 Å². The Labute approximate surface area is 172 Å². The van der Waals surface area contributed by atoms with E-state index in [2.05, 4.69) is 15.0 Å². The molecule has 1 saturated carbocycles. The average Bonchev–Trinajstić information content (AvgIpc) is 3.17. The summed E-state index contributed by atoms with van der Waals surface area (Å²) in [7, 11) is 3.47. The molecule has 0 aromatic carbocycles. The Kier molecular flexibility index (Phi) is 5.33. The molecule has 3 heterocycles. The van der Waals surface area contributed by atoms with Gasteiger partial charge in [-0.15, -0.1) is 0 Å². The third kappa shape index (κ3) is 3.63. The molecule has 3 unspecified atom stereocenters. The smallest absolute Gasteiger partial charge is 0.362 e. The lowest BCUT2D eigenvalue weighted by atomic mass is 9.88. The number of pyridine rings is 1. The van der Waals surface area contributed by atoms with Crippen molar-refractivity contribution in [2.24, 2.45) is 5.92 Å². The van der Waals surface area contributed by atoms with Gasteiger partial charge in [-0.3, -0.25) is 4.90 Å². The molecule has 2 aromatic rings. The van der Waals surface area contributed by atoms with Gasteiger partial charge >= 0.3 is 12.1 Å². The van der Waals surface area contributed by atoms with Gasteiger partial charge in [0.25, 0.3) is 0 Å². The number of halogens is 2. The van der Waals surface area contributed by atoms with Crippen molar-refractivity contribution in [2.45, 2.75) is 51.1 Å². The highest BCUT2D eigenvalue weighted by Crippen LogP contribution is 2.39. The summed E-state index contributed by atoms with van der Waals surface area (Å²) in [4.78, 5) is 38.4. The molecule has 4 rings (SSSR count). The Morgan fingerprint density at radius 2 is 2.07 bits per heavy atom. The normalized spacial score (nSPS) is 23.8. The van der Waals surface area contributed by atoms with Gasteiger partial charge in [-0.25, -0.2) is 23.9 Å². The predicted octanol–water partition coefficient (Wildman–Crippen LogP) is 3.97. The largest absolute Gasteiger partial charge is 0.453 e. The van der Waals surface area contributed by atoms with Gasteiger partial charge in [-0.05, 0) is 38.5 Å². The lowest BCUT2D eigenvalue weighted by Gasteiger charge is -2.40. The summed E-state index contributed by atoms with van der Waals surface area (Å²) in [5.74, 6) is 0.0929. The molecule has 3 atom stereocenters. The summed E-state index contributed by atoms with van der Waals surface area (Å²) in [5, 5.41) is 0.0623. The molecular formula is C19H23ClFN5O3. The van der Waals surface area contributed by atoms with E-state index in [0.717, 1.165) is 32.1 Å². The van der Waals surface area contributed by atoms with Crippen molar-refractivity contribution < 1.29 is 19.0 Å². The van der Waals surface area contributed by atoms with Gasteiger partial charge in [0.15, 0.2) is 11.0 Å². The van der Waals surface area contributed by atoms with Gasteiger partial charge in [-0.2, -0.15) is 9.97 Å². The van der Waals surface area contributed by atoms with E-state index < -0.39 is 11.9 Å². The minimum absolute atomic E-state index is 0.0584. The summed E-state index contributed by atoms with van der Waals surface area (Å²) in [6.07, 6.45) is 6.10. The number of piperidine rings is 1. The van der Waals surface area contributed by atoms with Crippen LogP contribution in [0.4, 0.5) is 15.0 Å². The highest BCUT2D eigenvalue weighted by atomic mass is 35.5. The highest BCUT2D eigenvalue weighted by Gasteiger charge is 2.42. The first kappa shape index (κ1) is 19.9. The Bertz CT molecular complexity index is 944. The van der Waals surface area contributed by atoms with Crippen molar-refractivity contribution in [2.75, 3.05) is 19.0 Å². The maximum atomic E-state index is 14.4. The van der Waals surface area contributed by atoms with Crippen molar-refractivity contribution in [1.82, 2.24) is 19.9 Å². The first-order valence-corrected chi connectivity index (χ1v) is 10.1. The van der Waals surface area contributed by atoms with E-state index in [1.54, 1.807) is 23.9 Å². The monoisotopic (exact) mass is 423 g/mol. The average molecular weight is 424 g/mol. The molecule has 1 amide bonds. The summed E-state index contributed by atoms with van der Waals surface area (Å²) in [5.41, 5.74) is -0.0584. The Morgan fingerprint density at radius 1 is 1.28 bits per heavy atom. The fourth-order valence-corrected chi connectivity index (χ4v) is 4.59. The van der Waals surface area contributed by atoms with Crippen LogP contribution >= 0.6 is 11.6 Å². The van der Waals surface area contributed by atoms with Gasteiger partial charge < -0.3 is 4.90 Å². The first-order chi connectivity index (χ1) is 13.9. The number of carbonyl (C=O) groups excluding carboxylic acids is 1. The van der Waals surface area contributed by atoms with Crippen LogP contribution in [0.15, 0.2) is 6.20 Å². The lowest BCUT2D eigenvalue weighted by Crippen LogP contribution is -2.51. The number of likely N-dealkylation sites (tertiary alicyclic amines) is 1. The molecule has 29 heavy (non-hydrogen) atoms. The maximum absolute atomic E-state index is 14.4. The van der Waals surface area contributed by atoms with Gasteiger partial charge in [0.1, 0.15) is 11.3 Å². The number of nitrogens with zero attached hydrogens (tertiary/aromatic N) is 5. The summed E-state index contributed by atoms with van der Waals surface area (Å²) in [6, 6.07) is -0.0296. The summed E-state index contributed by atoms with van der Waals surface area (Å²) < 4.78 is 14.4. The second-order valence-corrected chi connectivity index (χ2v) is 8.23. The van der Waals surface area contributed by atoms with E-state index in [1.807, 2.05) is 6.92 Å². The van der Waals surface area contributed by atoms with Crippen molar-refractivity contribution in [1.29, 1.82) is 0 Å². The predicted molar refractivity (Wildman–Crippen MR) is 105 cm³/mol. The standard InChI is InChI=1S/C19H23ClFN5O3/c1-10-7-8-11-5-4-6-13(11)26(10)19(27)29-28-18-23-15-12(17(24-18)25(2)3)9-22-16(20)14(15)21/h9-11,13H,4-8H2,1-3H3. The van der Waals surface area contributed by atoms with E-state index >= 15 is 0 Å². The molecule has 0 spiro atoms. The lowest BCUT2D eigenvalue weighted by molar-refractivity contribution is -0.168. The number of hydrogen-bond acceptors (Lipinski definition) is 7. The second kappa shape index (κ2) is 7.78. The number of fused-ring (bicyclic) bond motifs is 2. The van der Waals surface area contributed by atoms with Gasteiger partial charge in [0.05, 0.1) is 5.39 Å². The van der Waals surface area contributed by atoms with Crippen LogP contribution in [-0.2, 0) is 4.89 Å². The van der Waals surface area contributed by atoms with Crippen molar-refractivity contribution >= 4 is 34.4 Å². The zero-order valence-electron chi connectivity index (χ0n) is 16.6. The first-order valence-electron chi connectivity index (χ1n) is 9.72. The molecule has 0 N–H and O–H groups in total. The zero-order valence-corrected chi connectivity index (χ0v) is 17.3. The molecular weight excluding hydrogens is 401 g/mol. The number of rotatable bonds is 3. The van der Waals surface area contributed by atoms with Crippen LogP contribution in [0, 0.1) is 11.7 Å². The van der Waals surface area contributed by atoms with Gasteiger partial charge in [0.2, 0.25) is 0 Å². The highest BCUT2D eigenvalue weighted by molar-refractivity contribution is 6.30. The van der Waals surface area contributed by atoms with E-state index in [4.69, 9.17) is 21.4 Å². The van der Waals surface area contributed by atoms with Crippen LogP contribution < -0.4 is 9.79 Å². The molecule has 0 radical (unpaired) electrons. The van der Waals surface area contributed by atoms with Crippen LogP contribution in [0.5, 0.6) is 6.01 Å². The zero-order chi connectivity index (χ0) is 20.7. The molecule has 2 aromatic heterocycles. The Hall–Kier alpha value is -2.42. The van der Waals surface area contributed by atoms with E-state index in [1.165, 1.54) is 6.20 Å². The molecule has 1 aliphatic heterocycles. The fourth-order valence-electron chi connectivity index (χ4n) is 4.45. The maximum Gasteiger partial charge on any atom is 0.453 e. The third-order valence-electron chi connectivity index (χ3n) is 5.83. The number of anilines is 1.